The van der Waals surface area contributed by atoms with Crippen LogP contribution in [-0.2, 0) is 19.6 Å². The molecule has 2 heterocycles. The number of aryl methyl sites for hydroxylation is 2. The van der Waals surface area contributed by atoms with E-state index >= 15 is 0 Å². The molecule has 11 heteroatoms. The molecule has 3 rings (SSSR count). The topological polar surface area (TPSA) is 86.5 Å². The number of ether oxygens (including phenoxy) is 2. The highest BCUT2D eigenvalue weighted by Gasteiger charge is 2.32. The van der Waals surface area contributed by atoms with Crippen molar-refractivity contribution in [3.8, 4) is 34.4 Å². The van der Waals surface area contributed by atoms with Crippen molar-refractivity contribution in [2.45, 2.75) is 19.5 Å². The van der Waals surface area contributed by atoms with Crippen LogP contribution in [0.4, 0.5) is 13.2 Å². The van der Waals surface area contributed by atoms with Gasteiger partial charge in [-0.05, 0) is 35.7 Å². The molecule has 7 nitrogen and oxygen atoms in total. The number of aromatic hydroxyl groups is 1. The Hall–Kier alpha value is -3.27. The van der Waals surface area contributed by atoms with E-state index in [0.29, 0.717) is 23.7 Å². The molecule has 31 heavy (non-hydrogen) atoms. The number of nitrogens with zero attached hydrogens (tertiary/aromatic N) is 3. The third kappa shape index (κ3) is 4.43. The van der Waals surface area contributed by atoms with E-state index in [-0.39, 0.29) is 28.1 Å². The first-order valence-electron chi connectivity index (χ1n) is 8.95. The minimum atomic E-state index is -4.58. The van der Waals surface area contributed by atoms with Crippen LogP contribution in [-0.4, -0.2) is 27.0 Å². The van der Waals surface area contributed by atoms with Gasteiger partial charge in [0.05, 0.1) is 18.2 Å². The summed E-state index contributed by atoms with van der Waals surface area (Å²) in [5.74, 6) is -0.470. The summed E-state index contributed by atoms with van der Waals surface area (Å²) in [7, 11) is 2.74. The van der Waals surface area contributed by atoms with Gasteiger partial charge in [-0.1, -0.05) is 24.6 Å². The summed E-state index contributed by atoms with van der Waals surface area (Å²) in [6.07, 6.45) is -3.50. The highest BCUT2D eigenvalue weighted by atomic mass is 35.5. The molecule has 0 saturated carbocycles. The van der Waals surface area contributed by atoms with Crippen molar-refractivity contribution < 1.29 is 27.8 Å². The van der Waals surface area contributed by atoms with Crippen LogP contribution < -0.4 is 15.0 Å². The molecule has 0 aliphatic heterocycles. The number of hydrogen-bond donors (Lipinski definition) is 1. The molecule has 2 aromatic heterocycles. The van der Waals surface area contributed by atoms with E-state index in [4.69, 9.17) is 21.1 Å². The molecular weight excluding hydrogens is 439 g/mol. The largest absolute Gasteiger partial charge is 0.502 e. The third-order valence-electron chi connectivity index (χ3n) is 4.46. The fraction of sp³-hybridized carbons (Fsp3) is 0.250. The highest BCUT2D eigenvalue weighted by molar-refractivity contribution is 6.31. The van der Waals surface area contributed by atoms with Crippen LogP contribution in [0.3, 0.4) is 0 Å². The maximum absolute atomic E-state index is 12.8. The lowest BCUT2D eigenvalue weighted by Gasteiger charge is -2.14. The van der Waals surface area contributed by atoms with Gasteiger partial charge in [-0.25, -0.2) is 9.67 Å². The van der Waals surface area contributed by atoms with Gasteiger partial charge >= 0.3 is 6.18 Å². The fourth-order valence-corrected chi connectivity index (χ4v) is 3.12. The van der Waals surface area contributed by atoms with Crippen molar-refractivity contribution in [2.24, 2.45) is 7.05 Å². The van der Waals surface area contributed by atoms with Gasteiger partial charge < -0.3 is 14.6 Å². The number of aromatic nitrogens is 3. The Morgan fingerprint density at radius 3 is 2.52 bits per heavy atom. The minimum absolute atomic E-state index is 0.00318. The zero-order valence-corrected chi connectivity index (χ0v) is 17.4. The number of alkyl halides is 3. The third-order valence-corrected chi connectivity index (χ3v) is 4.73. The van der Waals surface area contributed by atoms with E-state index in [2.05, 4.69) is 10.1 Å². The van der Waals surface area contributed by atoms with Crippen molar-refractivity contribution in [1.82, 2.24) is 14.8 Å². The fourth-order valence-electron chi connectivity index (χ4n) is 2.92. The van der Waals surface area contributed by atoms with Crippen molar-refractivity contribution >= 4 is 11.6 Å². The molecule has 0 bridgehead atoms. The first-order valence-corrected chi connectivity index (χ1v) is 9.32. The summed E-state index contributed by atoms with van der Waals surface area (Å²) in [5.41, 5.74) is -0.466. The molecule has 0 atom stereocenters. The quantitative estimate of drug-likeness (QED) is 0.606. The van der Waals surface area contributed by atoms with Crippen molar-refractivity contribution in [2.75, 3.05) is 7.11 Å². The van der Waals surface area contributed by atoms with E-state index < -0.39 is 23.0 Å². The lowest BCUT2D eigenvalue weighted by atomic mass is 9.98. The van der Waals surface area contributed by atoms with Crippen LogP contribution in [0.15, 0.2) is 35.3 Å². The summed E-state index contributed by atoms with van der Waals surface area (Å²) in [6, 6.07) is 5.33. The SMILES string of the molecule is CCc1cc(Oc2ncc(C(F)(F)F)cc2Cl)ccc1-c1c(O)c(OC)nn(C)c1=O. The summed E-state index contributed by atoms with van der Waals surface area (Å²) >= 11 is 5.89. The maximum atomic E-state index is 12.8. The minimum Gasteiger partial charge on any atom is -0.502 e. The van der Waals surface area contributed by atoms with Gasteiger partial charge in [0.25, 0.3) is 11.4 Å². The van der Waals surface area contributed by atoms with E-state index in [1.165, 1.54) is 20.2 Å². The molecule has 164 valence electrons. The van der Waals surface area contributed by atoms with Gasteiger partial charge in [0.1, 0.15) is 10.8 Å². The van der Waals surface area contributed by atoms with Gasteiger partial charge in [0.2, 0.25) is 5.88 Å². The number of methoxy groups -OCH3 is 1. The second-order valence-electron chi connectivity index (χ2n) is 6.44. The predicted octanol–water partition coefficient (Wildman–Crippen LogP) is 4.58. The summed E-state index contributed by atoms with van der Waals surface area (Å²) < 4.78 is 49.9. The summed E-state index contributed by atoms with van der Waals surface area (Å²) in [6.45, 7) is 1.83. The van der Waals surface area contributed by atoms with Gasteiger partial charge in [0.15, 0.2) is 5.75 Å². The normalized spacial score (nSPS) is 11.5. The first-order chi connectivity index (χ1) is 14.6. The zero-order chi connectivity index (χ0) is 22.9. The lowest BCUT2D eigenvalue weighted by molar-refractivity contribution is -0.137. The molecule has 0 aliphatic rings. The Morgan fingerprint density at radius 1 is 1.23 bits per heavy atom. The zero-order valence-electron chi connectivity index (χ0n) is 16.6. The molecule has 0 aliphatic carbocycles. The van der Waals surface area contributed by atoms with E-state index in [9.17, 15) is 23.1 Å². The molecular formula is C20H17ClF3N3O4. The van der Waals surface area contributed by atoms with Crippen molar-refractivity contribution in [1.29, 1.82) is 0 Å². The second kappa shape index (κ2) is 8.46. The standard InChI is InChI=1S/C20H17ClF3N3O4/c1-4-10-7-12(31-17-14(21)8-11(9-25-17)20(22,23)24)5-6-13(10)15-16(28)18(30-3)26-27(2)19(15)29/h5-9,28H,4H2,1-3H3. The lowest BCUT2D eigenvalue weighted by Crippen LogP contribution is -2.22. The smallest absolute Gasteiger partial charge is 0.417 e. The van der Waals surface area contributed by atoms with E-state index in [1.807, 2.05) is 6.92 Å². The number of hydrogen-bond acceptors (Lipinski definition) is 6. The van der Waals surface area contributed by atoms with E-state index in [0.717, 1.165) is 10.7 Å². The summed E-state index contributed by atoms with van der Waals surface area (Å²) in [4.78, 5) is 16.2. The predicted molar refractivity (Wildman–Crippen MR) is 107 cm³/mol. The Bertz CT molecular complexity index is 1200. The Balaban J connectivity index is 2.03. The molecule has 0 spiro atoms. The second-order valence-corrected chi connectivity index (χ2v) is 6.85. The van der Waals surface area contributed by atoms with Gasteiger partial charge in [-0.3, -0.25) is 4.79 Å². The molecule has 3 aromatic rings. The summed E-state index contributed by atoms with van der Waals surface area (Å²) in [5, 5.41) is 14.0. The van der Waals surface area contributed by atoms with Crippen LogP contribution in [0.1, 0.15) is 18.1 Å². The number of pyridine rings is 1. The number of halogens is 4. The monoisotopic (exact) mass is 455 g/mol. The number of benzene rings is 1. The Morgan fingerprint density at radius 2 is 1.94 bits per heavy atom. The van der Waals surface area contributed by atoms with Gasteiger partial charge in [-0.15, -0.1) is 5.10 Å². The van der Waals surface area contributed by atoms with Gasteiger partial charge in [0, 0.05) is 13.2 Å². The molecule has 0 unspecified atom stereocenters. The Labute approximate surface area is 179 Å². The maximum Gasteiger partial charge on any atom is 0.417 e. The molecule has 0 saturated heterocycles. The van der Waals surface area contributed by atoms with Crippen LogP contribution in [0, 0.1) is 0 Å². The molecule has 0 fully saturated rings. The van der Waals surface area contributed by atoms with Crippen LogP contribution in [0.5, 0.6) is 23.3 Å². The van der Waals surface area contributed by atoms with Crippen LogP contribution >= 0.6 is 11.6 Å². The van der Waals surface area contributed by atoms with Crippen molar-refractivity contribution in [3.05, 3.63) is 57.0 Å². The van der Waals surface area contributed by atoms with Crippen molar-refractivity contribution in [3.63, 3.8) is 0 Å². The Kier molecular flexibility index (Phi) is 6.12. The first kappa shape index (κ1) is 22.4. The number of rotatable bonds is 5. The van der Waals surface area contributed by atoms with Crippen LogP contribution in [0.25, 0.3) is 11.1 Å². The van der Waals surface area contributed by atoms with Gasteiger partial charge in [-0.2, -0.15) is 13.2 Å². The molecule has 0 radical (unpaired) electrons. The molecule has 1 aromatic carbocycles. The molecule has 1 N–H and O–H groups in total. The molecule has 0 amide bonds. The average molecular weight is 456 g/mol. The van der Waals surface area contributed by atoms with Crippen LogP contribution in [0.2, 0.25) is 5.02 Å². The van der Waals surface area contributed by atoms with E-state index in [1.54, 1.807) is 12.1 Å². The average Bonchev–Trinajstić information content (AvgIpc) is 2.72. The highest BCUT2D eigenvalue weighted by Crippen LogP contribution is 2.38.